The topological polar surface area (TPSA) is 96.0 Å². The predicted octanol–water partition coefficient (Wildman–Crippen LogP) is 4.92. The SMILES string of the molecule is CC[C@H](C(=O)NC(C)(C)C)N(Cc1ccccc1C)C(=O)CN(c1cccc(OC)c1)S(=O)(=O)c1ccccc1. The van der Waals surface area contributed by atoms with E-state index in [2.05, 4.69) is 5.32 Å². The van der Waals surface area contributed by atoms with Crippen molar-refractivity contribution in [1.82, 2.24) is 10.2 Å². The number of ether oxygens (including phenoxy) is 1. The number of benzene rings is 3. The first kappa shape index (κ1) is 30.7. The number of anilines is 1. The van der Waals surface area contributed by atoms with Crippen molar-refractivity contribution < 1.29 is 22.7 Å². The van der Waals surface area contributed by atoms with Crippen LogP contribution in [0.25, 0.3) is 0 Å². The maximum Gasteiger partial charge on any atom is 0.264 e. The van der Waals surface area contributed by atoms with Gasteiger partial charge in [0.2, 0.25) is 11.8 Å². The van der Waals surface area contributed by atoms with E-state index in [-0.39, 0.29) is 23.0 Å². The highest BCUT2D eigenvalue weighted by molar-refractivity contribution is 7.92. The summed E-state index contributed by atoms with van der Waals surface area (Å²) in [6.07, 6.45) is 0.351. The number of aryl methyl sites for hydroxylation is 1. The summed E-state index contributed by atoms with van der Waals surface area (Å²) in [6.45, 7) is 9.06. The number of rotatable bonds is 11. The molecule has 2 amide bonds. The van der Waals surface area contributed by atoms with Crippen LogP contribution in [0.2, 0.25) is 0 Å². The molecule has 9 heteroatoms. The molecule has 3 aromatic rings. The van der Waals surface area contributed by atoms with Crippen LogP contribution in [0.15, 0.2) is 83.8 Å². The summed E-state index contributed by atoms with van der Waals surface area (Å²) < 4.78 is 34.2. The van der Waals surface area contributed by atoms with E-state index in [1.165, 1.54) is 24.1 Å². The average molecular weight is 566 g/mol. The zero-order valence-electron chi connectivity index (χ0n) is 24.0. The summed E-state index contributed by atoms with van der Waals surface area (Å²) in [6, 6.07) is 21.4. The molecule has 0 radical (unpaired) electrons. The van der Waals surface area contributed by atoms with E-state index in [0.29, 0.717) is 12.2 Å². The average Bonchev–Trinajstić information content (AvgIpc) is 2.92. The lowest BCUT2D eigenvalue weighted by atomic mass is 10.0. The van der Waals surface area contributed by atoms with Crippen molar-refractivity contribution in [1.29, 1.82) is 0 Å². The van der Waals surface area contributed by atoms with Crippen LogP contribution in [0.4, 0.5) is 5.69 Å². The van der Waals surface area contributed by atoms with Crippen LogP contribution in [0.1, 0.15) is 45.2 Å². The number of nitrogens with one attached hydrogen (secondary N) is 1. The molecule has 214 valence electrons. The second kappa shape index (κ2) is 13.0. The molecule has 3 aromatic carbocycles. The number of carbonyl (C=O) groups is 2. The summed E-state index contributed by atoms with van der Waals surface area (Å²) >= 11 is 0. The van der Waals surface area contributed by atoms with Crippen molar-refractivity contribution in [3.05, 3.63) is 90.0 Å². The third-order valence-electron chi connectivity index (χ3n) is 6.44. The Hall–Kier alpha value is -3.85. The van der Waals surface area contributed by atoms with Gasteiger partial charge in [-0.2, -0.15) is 0 Å². The summed E-state index contributed by atoms with van der Waals surface area (Å²) in [5, 5.41) is 2.98. The van der Waals surface area contributed by atoms with Gasteiger partial charge in [-0.05, 0) is 69.5 Å². The Labute approximate surface area is 238 Å². The fourth-order valence-corrected chi connectivity index (χ4v) is 5.78. The molecule has 0 saturated heterocycles. The summed E-state index contributed by atoms with van der Waals surface area (Å²) in [5.41, 5.74) is 1.61. The molecule has 1 N–H and O–H groups in total. The van der Waals surface area contributed by atoms with Gasteiger partial charge in [0.1, 0.15) is 18.3 Å². The second-order valence-electron chi connectivity index (χ2n) is 10.6. The van der Waals surface area contributed by atoms with Crippen LogP contribution in [-0.2, 0) is 26.2 Å². The fraction of sp³-hybridized carbons (Fsp3) is 0.355. The Bertz CT molecular complexity index is 1420. The number of methoxy groups -OCH3 is 1. The molecule has 3 rings (SSSR count). The van der Waals surface area contributed by atoms with Crippen molar-refractivity contribution >= 4 is 27.5 Å². The lowest BCUT2D eigenvalue weighted by Gasteiger charge is -2.35. The third-order valence-corrected chi connectivity index (χ3v) is 8.23. The molecular weight excluding hydrogens is 526 g/mol. The van der Waals surface area contributed by atoms with Gasteiger partial charge in [-0.15, -0.1) is 0 Å². The first-order chi connectivity index (χ1) is 18.9. The fourth-order valence-electron chi connectivity index (χ4n) is 4.36. The van der Waals surface area contributed by atoms with Gasteiger partial charge in [-0.3, -0.25) is 13.9 Å². The molecule has 0 spiro atoms. The zero-order valence-corrected chi connectivity index (χ0v) is 24.9. The summed E-state index contributed by atoms with van der Waals surface area (Å²) in [5.74, 6) is -0.344. The molecule has 0 saturated carbocycles. The molecule has 0 fully saturated rings. The van der Waals surface area contributed by atoms with Crippen LogP contribution in [0.3, 0.4) is 0 Å². The number of sulfonamides is 1. The highest BCUT2D eigenvalue weighted by Gasteiger charge is 2.34. The molecule has 1 atom stereocenters. The maximum absolute atomic E-state index is 14.2. The molecule has 0 aliphatic carbocycles. The van der Waals surface area contributed by atoms with Gasteiger partial charge in [0.05, 0.1) is 17.7 Å². The Kier molecular flexibility index (Phi) is 9.98. The Morgan fingerprint density at radius 2 is 1.60 bits per heavy atom. The first-order valence-electron chi connectivity index (χ1n) is 13.2. The van der Waals surface area contributed by atoms with Crippen LogP contribution >= 0.6 is 0 Å². The molecular formula is C31H39N3O5S. The zero-order chi connectivity index (χ0) is 29.5. The minimum absolute atomic E-state index is 0.0496. The Balaban J connectivity index is 2.09. The number of amides is 2. The van der Waals surface area contributed by atoms with Gasteiger partial charge in [-0.25, -0.2) is 8.42 Å². The number of nitrogens with zero attached hydrogens (tertiary/aromatic N) is 2. The Morgan fingerprint density at radius 1 is 0.950 bits per heavy atom. The largest absolute Gasteiger partial charge is 0.497 e. The first-order valence-corrected chi connectivity index (χ1v) is 14.7. The van der Waals surface area contributed by atoms with E-state index in [0.717, 1.165) is 15.4 Å². The lowest BCUT2D eigenvalue weighted by Crippen LogP contribution is -2.55. The van der Waals surface area contributed by atoms with Gasteiger partial charge in [0.25, 0.3) is 10.0 Å². The molecule has 0 aliphatic rings. The maximum atomic E-state index is 14.2. The molecule has 0 aliphatic heterocycles. The van der Waals surface area contributed by atoms with Crippen LogP contribution in [0, 0.1) is 6.92 Å². The molecule has 0 bridgehead atoms. The van der Waals surface area contributed by atoms with Crippen molar-refractivity contribution in [3.63, 3.8) is 0 Å². The van der Waals surface area contributed by atoms with E-state index in [9.17, 15) is 18.0 Å². The monoisotopic (exact) mass is 565 g/mol. The van der Waals surface area contributed by atoms with Gasteiger partial charge in [0.15, 0.2) is 0 Å². The minimum atomic E-state index is -4.14. The van der Waals surface area contributed by atoms with E-state index in [1.807, 2.05) is 58.9 Å². The smallest absolute Gasteiger partial charge is 0.264 e. The van der Waals surface area contributed by atoms with Crippen LogP contribution < -0.4 is 14.4 Å². The predicted molar refractivity (Wildman–Crippen MR) is 158 cm³/mol. The van der Waals surface area contributed by atoms with Gasteiger partial charge >= 0.3 is 0 Å². The second-order valence-corrected chi connectivity index (χ2v) is 12.5. The lowest BCUT2D eigenvalue weighted by molar-refractivity contribution is -0.141. The Morgan fingerprint density at radius 3 is 2.20 bits per heavy atom. The number of hydrogen-bond donors (Lipinski definition) is 1. The van der Waals surface area contributed by atoms with Crippen LogP contribution in [-0.4, -0.2) is 50.4 Å². The summed E-state index contributed by atoms with van der Waals surface area (Å²) in [7, 11) is -2.65. The molecule has 40 heavy (non-hydrogen) atoms. The van der Waals surface area contributed by atoms with Gasteiger partial charge < -0.3 is 15.0 Å². The van der Waals surface area contributed by atoms with Crippen molar-refractivity contribution in [3.8, 4) is 5.75 Å². The number of carbonyl (C=O) groups excluding carboxylic acids is 2. The van der Waals surface area contributed by atoms with Gasteiger partial charge in [0, 0.05) is 18.2 Å². The van der Waals surface area contributed by atoms with Gasteiger partial charge in [-0.1, -0.05) is 55.5 Å². The highest BCUT2D eigenvalue weighted by atomic mass is 32.2. The van der Waals surface area contributed by atoms with E-state index >= 15 is 0 Å². The van der Waals surface area contributed by atoms with Crippen molar-refractivity contribution in [2.75, 3.05) is 18.0 Å². The van der Waals surface area contributed by atoms with Crippen LogP contribution in [0.5, 0.6) is 5.75 Å². The standard InChI is InChI=1S/C31H39N3O5S/c1-7-28(30(36)32-31(3,4)5)33(21-24-15-12-11-14-23(24)2)29(35)22-34(25-16-13-17-26(20-25)39-6)40(37,38)27-18-9-8-10-19-27/h8-20,28H,7,21-22H2,1-6H3,(H,32,36)/t28-/m1/s1. The van der Waals surface area contributed by atoms with E-state index in [1.54, 1.807) is 42.5 Å². The van der Waals surface area contributed by atoms with Crippen molar-refractivity contribution in [2.45, 2.75) is 64.1 Å². The summed E-state index contributed by atoms with van der Waals surface area (Å²) in [4.78, 5) is 29.1. The van der Waals surface area contributed by atoms with E-state index < -0.39 is 34.1 Å². The molecule has 0 heterocycles. The quantitative estimate of drug-likeness (QED) is 0.356. The molecule has 8 nitrogen and oxygen atoms in total. The van der Waals surface area contributed by atoms with E-state index in [4.69, 9.17) is 4.74 Å². The number of hydrogen-bond acceptors (Lipinski definition) is 5. The molecule has 0 unspecified atom stereocenters. The minimum Gasteiger partial charge on any atom is -0.497 e. The van der Waals surface area contributed by atoms with Crippen molar-refractivity contribution in [2.24, 2.45) is 0 Å². The highest BCUT2D eigenvalue weighted by Crippen LogP contribution is 2.28. The normalized spacial score (nSPS) is 12.3. The molecule has 0 aromatic heterocycles. The third kappa shape index (κ3) is 7.63.